The second-order valence-corrected chi connectivity index (χ2v) is 6.14. The summed E-state index contributed by atoms with van der Waals surface area (Å²) in [5, 5.41) is 5.58. The van der Waals surface area contributed by atoms with Crippen LogP contribution >= 0.6 is 0 Å². The van der Waals surface area contributed by atoms with Crippen LogP contribution in [0.25, 0.3) is 11.0 Å². The van der Waals surface area contributed by atoms with Crippen LogP contribution in [0.4, 0.5) is 0 Å². The van der Waals surface area contributed by atoms with Gasteiger partial charge >= 0.3 is 5.69 Å². The van der Waals surface area contributed by atoms with E-state index in [9.17, 15) is 14.4 Å². The van der Waals surface area contributed by atoms with E-state index in [2.05, 4.69) is 10.6 Å². The van der Waals surface area contributed by atoms with Crippen LogP contribution in [0.2, 0.25) is 0 Å². The van der Waals surface area contributed by atoms with E-state index in [1.807, 2.05) is 24.3 Å². The normalized spacial score (nSPS) is 18.2. The average Bonchev–Trinajstić information content (AvgIpc) is 2.71. The van der Waals surface area contributed by atoms with Crippen molar-refractivity contribution < 1.29 is 9.59 Å². The Morgan fingerprint density at radius 1 is 1.25 bits per heavy atom. The van der Waals surface area contributed by atoms with Crippen LogP contribution in [0.15, 0.2) is 29.1 Å². The standard InChI is InChI=1S/C17H22N4O3/c1-20-13-7-2-3-8-14(13)21(17(20)24)11-9-15(22)19-12-6-4-5-10-18-16(12)23/h2-3,7-8,12H,4-6,9-11H2,1H3,(H,18,23)(H,19,22)/t12-/m1/s1. The lowest BCUT2D eigenvalue weighted by atomic mass is 10.1. The Balaban J connectivity index is 1.67. The highest BCUT2D eigenvalue weighted by Crippen LogP contribution is 2.12. The van der Waals surface area contributed by atoms with E-state index in [4.69, 9.17) is 0 Å². The lowest BCUT2D eigenvalue weighted by molar-refractivity contribution is -0.128. The largest absolute Gasteiger partial charge is 0.354 e. The topological polar surface area (TPSA) is 85.1 Å². The van der Waals surface area contributed by atoms with Gasteiger partial charge in [-0.25, -0.2) is 4.79 Å². The predicted octanol–water partition coefficient (Wildman–Crippen LogP) is 0.515. The van der Waals surface area contributed by atoms with E-state index in [0.29, 0.717) is 19.5 Å². The molecule has 2 aromatic rings. The second kappa shape index (κ2) is 6.90. The first-order chi connectivity index (χ1) is 11.6. The van der Waals surface area contributed by atoms with E-state index in [1.165, 1.54) is 0 Å². The highest BCUT2D eigenvalue weighted by Gasteiger charge is 2.22. The number of amides is 2. The lowest BCUT2D eigenvalue weighted by Gasteiger charge is -2.15. The number of rotatable bonds is 4. The SMILES string of the molecule is Cn1c(=O)n(CCC(=O)N[C@@H]2CCCCNC2=O)c2ccccc21. The molecule has 1 aliphatic rings. The summed E-state index contributed by atoms with van der Waals surface area (Å²) in [5.41, 5.74) is 1.51. The molecule has 7 heteroatoms. The van der Waals surface area contributed by atoms with Crippen LogP contribution in [-0.4, -0.2) is 33.5 Å². The molecule has 2 N–H and O–H groups in total. The molecule has 2 amide bonds. The zero-order valence-electron chi connectivity index (χ0n) is 13.7. The zero-order valence-corrected chi connectivity index (χ0v) is 13.7. The van der Waals surface area contributed by atoms with Crippen molar-refractivity contribution in [1.29, 1.82) is 0 Å². The molecule has 1 fully saturated rings. The number of para-hydroxylation sites is 2. The van der Waals surface area contributed by atoms with Gasteiger partial charge in [-0.3, -0.25) is 18.7 Å². The van der Waals surface area contributed by atoms with Crippen molar-refractivity contribution in [2.45, 2.75) is 38.3 Å². The Morgan fingerprint density at radius 3 is 2.79 bits per heavy atom. The highest BCUT2D eigenvalue weighted by atomic mass is 16.2. The number of aromatic nitrogens is 2. The molecule has 0 unspecified atom stereocenters. The summed E-state index contributed by atoms with van der Waals surface area (Å²) in [6.07, 6.45) is 2.67. The molecule has 2 heterocycles. The van der Waals surface area contributed by atoms with E-state index < -0.39 is 6.04 Å². The van der Waals surface area contributed by atoms with Crippen LogP contribution in [0.5, 0.6) is 0 Å². The minimum Gasteiger partial charge on any atom is -0.354 e. The number of nitrogens with one attached hydrogen (secondary N) is 2. The fourth-order valence-electron chi connectivity index (χ4n) is 3.14. The van der Waals surface area contributed by atoms with Gasteiger partial charge in [0.05, 0.1) is 11.0 Å². The fourth-order valence-corrected chi connectivity index (χ4v) is 3.14. The number of hydrogen-bond donors (Lipinski definition) is 2. The van der Waals surface area contributed by atoms with Gasteiger partial charge in [0.15, 0.2) is 0 Å². The molecule has 1 atom stereocenters. The maximum Gasteiger partial charge on any atom is 0.328 e. The number of carbonyl (C=O) groups excluding carboxylic acids is 2. The number of nitrogens with zero attached hydrogens (tertiary/aromatic N) is 2. The van der Waals surface area contributed by atoms with E-state index >= 15 is 0 Å². The molecular weight excluding hydrogens is 308 g/mol. The van der Waals surface area contributed by atoms with Crippen molar-refractivity contribution in [1.82, 2.24) is 19.8 Å². The van der Waals surface area contributed by atoms with Crippen molar-refractivity contribution >= 4 is 22.8 Å². The van der Waals surface area contributed by atoms with E-state index in [0.717, 1.165) is 23.9 Å². The van der Waals surface area contributed by atoms with Crippen LogP contribution in [0.3, 0.4) is 0 Å². The van der Waals surface area contributed by atoms with E-state index in [-0.39, 0.29) is 23.9 Å². The monoisotopic (exact) mass is 330 g/mol. The Hall–Kier alpha value is -2.57. The van der Waals surface area contributed by atoms with Gasteiger partial charge in [-0.05, 0) is 31.4 Å². The third-order valence-corrected chi connectivity index (χ3v) is 4.48. The quantitative estimate of drug-likeness (QED) is 0.857. The summed E-state index contributed by atoms with van der Waals surface area (Å²) in [5.74, 6) is -0.333. The third kappa shape index (κ3) is 3.20. The molecule has 1 aromatic carbocycles. The van der Waals surface area contributed by atoms with Gasteiger partial charge in [0, 0.05) is 26.6 Å². The van der Waals surface area contributed by atoms with Crippen LogP contribution in [0, 0.1) is 0 Å². The smallest absolute Gasteiger partial charge is 0.328 e. The van der Waals surface area contributed by atoms with Gasteiger partial charge in [-0.15, -0.1) is 0 Å². The van der Waals surface area contributed by atoms with Gasteiger partial charge in [0.1, 0.15) is 6.04 Å². The second-order valence-electron chi connectivity index (χ2n) is 6.14. The van der Waals surface area contributed by atoms with Crippen LogP contribution < -0.4 is 16.3 Å². The highest BCUT2D eigenvalue weighted by molar-refractivity contribution is 5.87. The molecule has 0 bridgehead atoms. The molecule has 0 spiro atoms. The third-order valence-electron chi connectivity index (χ3n) is 4.48. The van der Waals surface area contributed by atoms with Gasteiger partial charge in [0.25, 0.3) is 0 Å². The molecule has 7 nitrogen and oxygen atoms in total. The van der Waals surface area contributed by atoms with Crippen molar-refractivity contribution in [2.75, 3.05) is 6.54 Å². The molecule has 1 saturated heterocycles. The molecule has 128 valence electrons. The summed E-state index contributed by atoms with van der Waals surface area (Å²) < 4.78 is 3.17. The van der Waals surface area contributed by atoms with Gasteiger partial charge < -0.3 is 10.6 Å². The average molecular weight is 330 g/mol. The maximum atomic E-state index is 12.3. The van der Waals surface area contributed by atoms with E-state index in [1.54, 1.807) is 16.2 Å². The first-order valence-electron chi connectivity index (χ1n) is 8.29. The Kier molecular flexibility index (Phi) is 4.69. The zero-order chi connectivity index (χ0) is 17.1. The minimum absolute atomic E-state index is 0.122. The molecule has 1 aromatic heterocycles. The number of fused-ring (bicyclic) bond motifs is 1. The first kappa shape index (κ1) is 16.3. The summed E-state index contributed by atoms with van der Waals surface area (Å²) in [4.78, 5) is 36.4. The summed E-state index contributed by atoms with van der Waals surface area (Å²) >= 11 is 0. The molecule has 0 radical (unpaired) electrons. The molecule has 1 aliphatic heterocycles. The Bertz CT molecular complexity index is 821. The number of imidazole rings is 1. The van der Waals surface area contributed by atoms with Crippen molar-refractivity contribution in [2.24, 2.45) is 7.05 Å². The molecule has 24 heavy (non-hydrogen) atoms. The van der Waals surface area contributed by atoms with Gasteiger partial charge in [0.2, 0.25) is 11.8 Å². The summed E-state index contributed by atoms with van der Waals surface area (Å²) in [6.45, 7) is 0.955. The summed E-state index contributed by atoms with van der Waals surface area (Å²) in [6, 6.07) is 7.03. The number of carbonyl (C=O) groups is 2. The number of hydrogen-bond acceptors (Lipinski definition) is 3. The fraction of sp³-hybridized carbons (Fsp3) is 0.471. The number of aryl methyl sites for hydroxylation is 2. The minimum atomic E-state index is -0.468. The Morgan fingerprint density at radius 2 is 2.00 bits per heavy atom. The predicted molar refractivity (Wildman–Crippen MR) is 90.6 cm³/mol. The summed E-state index contributed by atoms with van der Waals surface area (Å²) in [7, 11) is 1.72. The molecule has 0 aliphatic carbocycles. The van der Waals surface area contributed by atoms with Crippen molar-refractivity contribution in [3.63, 3.8) is 0 Å². The first-order valence-corrected chi connectivity index (χ1v) is 8.29. The van der Waals surface area contributed by atoms with Crippen LogP contribution in [-0.2, 0) is 23.2 Å². The van der Waals surface area contributed by atoms with Gasteiger partial charge in [-0.2, -0.15) is 0 Å². The lowest BCUT2D eigenvalue weighted by Crippen LogP contribution is -2.45. The van der Waals surface area contributed by atoms with Crippen molar-refractivity contribution in [3.05, 3.63) is 34.7 Å². The molecule has 3 rings (SSSR count). The van der Waals surface area contributed by atoms with Crippen LogP contribution in [0.1, 0.15) is 25.7 Å². The molecule has 0 saturated carbocycles. The van der Waals surface area contributed by atoms with Gasteiger partial charge in [-0.1, -0.05) is 12.1 Å². The number of benzene rings is 1. The molecular formula is C17H22N4O3. The maximum absolute atomic E-state index is 12.3. The Labute approximate surface area is 139 Å². The van der Waals surface area contributed by atoms with Crippen molar-refractivity contribution in [3.8, 4) is 0 Å².